The second-order valence-electron chi connectivity index (χ2n) is 4.45. The van der Waals surface area contributed by atoms with Gasteiger partial charge in [0.1, 0.15) is 0 Å². The second-order valence-corrected chi connectivity index (χ2v) is 4.85. The normalized spacial score (nSPS) is 14.9. The van der Waals surface area contributed by atoms with Gasteiger partial charge < -0.3 is 15.4 Å². The molecule has 8 heteroatoms. The predicted molar refractivity (Wildman–Crippen MR) is 77.2 cm³/mol. The molecule has 1 fully saturated rings. The number of nitrogens with zero attached hydrogens (tertiary/aromatic N) is 1. The van der Waals surface area contributed by atoms with Crippen molar-refractivity contribution >= 4 is 40.8 Å². The molecule has 0 aromatic heterocycles. The van der Waals surface area contributed by atoms with E-state index in [-0.39, 0.29) is 36.0 Å². The lowest BCUT2D eigenvalue weighted by Gasteiger charge is -2.29. The number of nitrogen functional groups attached to an aromatic ring is 1. The molecule has 1 saturated heterocycles. The highest BCUT2D eigenvalue weighted by atomic mass is 35.5. The maximum absolute atomic E-state index is 12.0. The number of halogens is 1. The summed E-state index contributed by atoms with van der Waals surface area (Å²) < 4.78 is 4.96. The van der Waals surface area contributed by atoms with E-state index in [1.54, 1.807) is 6.92 Å². The molecule has 0 unspecified atom stereocenters. The lowest BCUT2D eigenvalue weighted by molar-refractivity contribution is -0.130. The minimum Gasteiger partial charge on any atom is -0.462 e. The minimum absolute atomic E-state index is 0.0816. The number of nitrogens with two attached hydrogens (primary N) is 1. The molecule has 1 aromatic carbocycles. The predicted octanol–water partition coefficient (Wildman–Crippen LogP) is 0.562. The maximum atomic E-state index is 12.0. The van der Waals surface area contributed by atoms with Crippen LogP contribution in [0.3, 0.4) is 0 Å². The van der Waals surface area contributed by atoms with Crippen LogP contribution in [-0.2, 0) is 14.3 Å². The quantitative estimate of drug-likeness (QED) is 0.480. The minimum atomic E-state index is -0.611. The lowest BCUT2D eigenvalue weighted by Crippen LogP contribution is -2.52. The monoisotopic (exact) mass is 311 g/mol. The van der Waals surface area contributed by atoms with Crippen LogP contribution >= 0.6 is 11.6 Å². The van der Waals surface area contributed by atoms with Crippen molar-refractivity contribution < 1.29 is 19.1 Å². The van der Waals surface area contributed by atoms with E-state index in [0.29, 0.717) is 5.69 Å². The van der Waals surface area contributed by atoms with Gasteiger partial charge in [0, 0.05) is 5.69 Å². The fourth-order valence-electron chi connectivity index (χ4n) is 2.10. The van der Waals surface area contributed by atoms with Gasteiger partial charge in [-0.05, 0) is 19.1 Å². The third-order valence-corrected chi connectivity index (χ3v) is 3.13. The standard InChI is InChI=1S/C13H14ClN3O4/c1-2-21-13(20)8-3-7(15)4-9(14)12(8)17-5-10(18)16-11(19)6-17/h3-4H,2,5-6,15H2,1H3,(H,16,18,19). The third-order valence-electron chi connectivity index (χ3n) is 2.85. The summed E-state index contributed by atoms with van der Waals surface area (Å²) in [6.45, 7) is 1.69. The van der Waals surface area contributed by atoms with Gasteiger partial charge in [0.25, 0.3) is 0 Å². The van der Waals surface area contributed by atoms with Crippen LogP contribution in [0.4, 0.5) is 11.4 Å². The molecule has 21 heavy (non-hydrogen) atoms. The van der Waals surface area contributed by atoms with Crippen molar-refractivity contribution in [1.29, 1.82) is 0 Å². The van der Waals surface area contributed by atoms with Crippen LogP contribution in [0.2, 0.25) is 5.02 Å². The van der Waals surface area contributed by atoms with Crippen LogP contribution in [-0.4, -0.2) is 37.5 Å². The van der Waals surface area contributed by atoms with Crippen molar-refractivity contribution in [3.63, 3.8) is 0 Å². The van der Waals surface area contributed by atoms with Crippen molar-refractivity contribution in [3.8, 4) is 0 Å². The number of carbonyl (C=O) groups excluding carboxylic acids is 3. The zero-order valence-electron chi connectivity index (χ0n) is 11.3. The summed E-state index contributed by atoms with van der Waals surface area (Å²) in [6.07, 6.45) is 0. The fourth-order valence-corrected chi connectivity index (χ4v) is 2.45. The lowest BCUT2D eigenvalue weighted by atomic mass is 10.1. The van der Waals surface area contributed by atoms with Crippen LogP contribution in [0.1, 0.15) is 17.3 Å². The highest BCUT2D eigenvalue weighted by Gasteiger charge is 2.28. The largest absolute Gasteiger partial charge is 0.462 e. The van der Waals surface area contributed by atoms with Crippen molar-refractivity contribution in [2.45, 2.75) is 6.92 Å². The number of imide groups is 1. The smallest absolute Gasteiger partial charge is 0.340 e. The first-order chi connectivity index (χ1) is 9.92. The van der Waals surface area contributed by atoms with Gasteiger partial charge in [-0.1, -0.05) is 11.6 Å². The van der Waals surface area contributed by atoms with Gasteiger partial charge >= 0.3 is 5.97 Å². The molecule has 0 spiro atoms. The van der Waals surface area contributed by atoms with E-state index < -0.39 is 17.8 Å². The molecule has 0 aliphatic carbocycles. The Bertz CT molecular complexity index is 602. The molecule has 7 nitrogen and oxygen atoms in total. The summed E-state index contributed by atoms with van der Waals surface area (Å²) in [5.41, 5.74) is 6.38. The van der Waals surface area contributed by atoms with Crippen molar-refractivity contribution in [3.05, 3.63) is 22.7 Å². The van der Waals surface area contributed by atoms with Gasteiger partial charge in [-0.3, -0.25) is 14.9 Å². The molecule has 0 atom stereocenters. The number of rotatable bonds is 3. The second kappa shape index (κ2) is 6.01. The first kappa shape index (κ1) is 15.1. The van der Waals surface area contributed by atoms with Crippen LogP contribution in [0.25, 0.3) is 0 Å². The topological polar surface area (TPSA) is 102 Å². The molecule has 1 aliphatic rings. The van der Waals surface area contributed by atoms with Gasteiger partial charge in [0.15, 0.2) is 0 Å². The van der Waals surface area contributed by atoms with Crippen molar-refractivity contribution in [1.82, 2.24) is 5.32 Å². The van der Waals surface area contributed by atoms with E-state index in [0.717, 1.165) is 0 Å². The Morgan fingerprint density at radius 3 is 2.57 bits per heavy atom. The Kier molecular flexibility index (Phi) is 4.32. The Balaban J connectivity index is 2.48. The number of ether oxygens (including phenoxy) is 1. The molecule has 3 N–H and O–H groups in total. The first-order valence-electron chi connectivity index (χ1n) is 6.26. The molecule has 1 aliphatic heterocycles. The molecular weight excluding hydrogens is 298 g/mol. The number of piperazine rings is 1. The number of esters is 1. The van der Waals surface area contributed by atoms with E-state index in [1.165, 1.54) is 17.0 Å². The summed E-state index contributed by atoms with van der Waals surface area (Å²) in [4.78, 5) is 36.4. The van der Waals surface area contributed by atoms with E-state index >= 15 is 0 Å². The van der Waals surface area contributed by atoms with Gasteiger partial charge in [0.05, 0.1) is 36.0 Å². The van der Waals surface area contributed by atoms with E-state index in [1.807, 2.05) is 0 Å². The first-order valence-corrected chi connectivity index (χ1v) is 6.64. The van der Waals surface area contributed by atoms with Gasteiger partial charge in [-0.15, -0.1) is 0 Å². The summed E-state index contributed by atoms with van der Waals surface area (Å²) in [7, 11) is 0. The molecule has 2 rings (SSSR count). The van der Waals surface area contributed by atoms with E-state index in [2.05, 4.69) is 5.32 Å². The number of hydrogen-bond acceptors (Lipinski definition) is 6. The Hall–Kier alpha value is -2.28. The van der Waals surface area contributed by atoms with Gasteiger partial charge in [0.2, 0.25) is 11.8 Å². The molecule has 0 saturated carbocycles. The van der Waals surface area contributed by atoms with Crippen molar-refractivity contribution in [2.75, 3.05) is 30.3 Å². The summed E-state index contributed by atoms with van der Waals surface area (Å²) in [5, 5.41) is 2.36. The molecular formula is C13H14ClN3O4. The Morgan fingerprint density at radius 1 is 1.38 bits per heavy atom. The Morgan fingerprint density at radius 2 is 2.00 bits per heavy atom. The number of benzene rings is 1. The van der Waals surface area contributed by atoms with E-state index in [9.17, 15) is 14.4 Å². The molecule has 2 amide bonds. The molecule has 112 valence electrons. The molecule has 1 heterocycles. The summed E-state index contributed by atoms with van der Waals surface area (Å²) >= 11 is 6.14. The fraction of sp³-hybridized carbons (Fsp3) is 0.308. The zero-order chi connectivity index (χ0) is 15.6. The zero-order valence-corrected chi connectivity index (χ0v) is 12.1. The van der Waals surface area contributed by atoms with Gasteiger partial charge in [-0.2, -0.15) is 0 Å². The van der Waals surface area contributed by atoms with Crippen LogP contribution < -0.4 is 16.0 Å². The molecule has 0 radical (unpaired) electrons. The number of anilines is 2. The number of carbonyl (C=O) groups is 3. The number of amides is 2. The molecule has 1 aromatic rings. The van der Waals surface area contributed by atoms with Crippen LogP contribution in [0.5, 0.6) is 0 Å². The van der Waals surface area contributed by atoms with Crippen LogP contribution in [0, 0.1) is 0 Å². The number of nitrogens with one attached hydrogen (secondary N) is 1. The average Bonchev–Trinajstić information content (AvgIpc) is 2.36. The van der Waals surface area contributed by atoms with E-state index in [4.69, 9.17) is 22.1 Å². The SMILES string of the molecule is CCOC(=O)c1cc(N)cc(Cl)c1N1CC(=O)NC(=O)C1. The number of hydrogen-bond donors (Lipinski definition) is 2. The average molecular weight is 312 g/mol. The highest BCUT2D eigenvalue weighted by molar-refractivity contribution is 6.34. The molecule has 0 bridgehead atoms. The Labute approximate surface area is 126 Å². The van der Waals surface area contributed by atoms with Gasteiger partial charge in [-0.25, -0.2) is 4.79 Å². The highest BCUT2D eigenvalue weighted by Crippen LogP contribution is 2.33. The summed E-state index contributed by atoms with van der Waals surface area (Å²) in [6, 6.07) is 2.87. The van der Waals surface area contributed by atoms with Crippen LogP contribution in [0.15, 0.2) is 12.1 Å². The third kappa shape index (κ3) is 3.25. The maximum Gasteiger partial charge on any atom is 0.340 e. The summed E-state index contributed by atoms with van der Waals surface area (Å²) in [5.74, 6) is -1.54. The van der Waals surface area contributed by atoms with Crippen molar-refractivity contribution in [2.24, 2.45) is 0 Å².